The van der Waals surface area contributed by atoms with Crippen molar-refractivity contribution in [3.05, 3.63) is 18.0 Å². The number of rotatable bonds is 3. The molecular weight excluding hydrogens is 287 g/mol. The highest BCUT2D eigenvalue weighted by Gasteiger charge is 2.33. The Labute approximate surface area is 120 Å². The van der Waals surface area contributed by atoms with Gasteiger partial charge in [0.1, 0.15) is 5.69 Å². The van der Waals surface area contributed by atoms with Gasteiger partial charge in [-0.2, -0.15) is 24.9 Å². The van der Waals surface area contributed by atoms with E-state index in [1.807, 2.05) is 6.26 Å². The molecule has 0 aromatic carbocycles. The highest BCUT2D eigenvalue weighted by molar-refractivity contribution is 7.99. The number of halogens is 3. The molecule has 1 aliphatic rings. The molecule has 2 atom stereocenters. The summed E-state index contributed by atoms with van der Waals surface area (Å²) in [6.07, 6.45) is 2.94. The van der Waals surface area contributed by atoms with Gasteiger partial charge in [-0.25, -0.2) is 4.98 Å². The fourth-order valence-corrected chi connectivity index (χ4v) is 3.42. The summed E-state index contributed by atoms with van der Waals surface area (Å²) in [7, 11) is 0. The van der Waals surface area contributed by atoms with E-state index in [0.29, 0.717) is 10.9 Å². The lowest BCUT2D eigenvalue weighted by atomic mass is 9.94. The van der Waals surface area contributed by atoms with Crippen LogP contribution in [0.3, 0.4) is 0 Å². The predicted octanol–water partition coefficient (Wildman–Crippen LogP) is 3.77. The number of hydrogen-bond donors (Lipinski definition) is 2. The smallest absolute Gasteiger partial charge is 0.396 e. The summed E-state index contributed by atoms with van der Waals surface area (Å²) in [5, 5.41) is 3.58. The van der Waals surface area contributed by atoms with E-state index >= 15 is 0 Å². The van der Waals surface area contributed by atoms with Crippen LogP contribution >= 0.6 is 11.8 Å². The molecule has 20 heavy (non-hydrogen) atoms. The van der Waals surface area contributed by atoms with Crippen LogP contribution in [0.5, 0.6) is 0 Å². The Hall–Kier alpha value is -1.11. The zero-order chi connectivity index (χ0) is 14.8. The highest BCUT2D eigenvalue weighted by atomic mass is 32.2. The number of nitrogen functional groups attached to an aromatic ring is 1. The van der Waals surface area contributed by atoms with Crippen LogP contribution in [0.15, 0.2) is 12.3 Å². The van der Waals surface area contributed by atoms with Gasteiger partial charge < -0.3 is 11.1 Å². The van der Waals surface area contributed by atoms with Gasteiger partial charge in [-0.15, -0.1) is 0 Å². The molecule has 2 unspecified atom stereocenters. The molecule has 3 N–H and O–H groups in total. The van der Waals surface area contributed by atoms with E-state index in [0.717, 1.165) is 31.5 Å². The number of anilines is 2. The molecule has 1 aromatic heterocycles. The molecule has 0 spiro atoms. The first kappa shape index (κ1) is 15.3. The van der Waals surface area contributed by atoms with Crippen molar-refractivity contribution < 1.29 is 13.2 Å². The molecule has 0 aliphatic heterocycles. The van der Waals surface area contributed by atoms with Crippen molar-refractivity contribution in [2.24, 2.45) is 0 Å². The van der Waals surface area contributed by atoms with Crippen LogP contribution in [0.25, 0.3) is 0 Å². The molecule has 1 fully saturated rings. The fourth-order valence-electron chi connectivity index (χ4n) is 2.49. The van der Waals surface area contributed by atoms with E-state index in [1.54, 1.807) is 11.8 Å². The Morgan fingerprint density at radius 1 is 1.35 bits per heavy atom. The molecule has 0 bridgehead atoms. The lowest BCUT2D eigenvalue weighted by molar-refractivity contribution is -0.141. The maximum atomic E-state index is 12.7. The molecule has 2 rings (SSSR count). The molecule has 112 valence electrons. The Morgan fingerprint density at radius 3 is 2.70 bits per heavy atom. The van der Waals surface area contributed by atoms with Crippen LogP contribution < -0.4 is 11.1 Å². The van der Waals surface area contributed by atoms with E-state index in [2.05, 4.69) is 10.3 Å². The molecular formula is C13H18F3N3S. The van der Waals surface area contributed by atoms with Gasteiger partial charge in [-0.3, -0.25) is 0 Å². The average molecular weight is 305 g/mol. The first-order chi connectivity index (χ1) is 9.41. The van der Waals surface area contributed by atoms with Gasteiger partial charge in [0.25, 0.3) is 0 Å². The second-order valence-corrected chi connectivity index (χ2v) is 6.04. The summed E-state index contributed by atoms with van der Waals surface area (Å²) >= 11 is 1.75. The summed E-state index contributed by atoms with van der Waals surface area (Å²) in [6, 6.07) is 1.16. The number of pyridine rings is 1. The van der Waals surface area contributed by atoms with Crippen LogP contribution in [0.2, 0.25) is 0 Å². The number of nitrogens with two attached hydrogens (primary N) is 1. The van der Waals surface area contributed by atoms with Crippen LogP contribution in [-0.4, -0.2) is 22.5 Å². The van der Waals surface area contributed by atoms with E-state index < -0.39 is 11.9 Å². The van der Waals surface area contributed by atoms with E-state index in [9.17, 15) is 13.2 Å². The average Bonchev–Trinajstić information content (AvgIpc) is 2.40. The van der Waals surface area contributed by atoms with Crippen LogP contribution in [0.1, 0.15) is 31.4 Å². The minimum atomic E-state index is -4.45. The fraction of sp³-hybridized carbons (Fsp3) is 0.615. The van der Waals surface area contributed by atoms with Crippen LogP contribution in [0.4, 0.5) is 24.5 Å². The minimum absolute atomic E-state index is 0.157. The molecule has 1 aromatic rings. The Morgan fingerprint density at radius 2 is 2.05 bits per heavy atom. The van der Waals surface area contributed by atoms with Crippen molar-refractivity contribution in [3.63, 3.8) is 0 Å². The lowest BCUT2D eigenvalue weighted by Crippen LogP contribution is -2.34. The second kappa shape index (κ2) is 6.11. The number of hydrogen-bond acceptors (Lipinski definition) is 4. The van der Waals surface area contributed by atoms with Gasteiger partial charge in [0.2, 0.25) is 0 Å². The zero-order valence-electron chi connectivity index (χ0n) is 11.2. The third-order valence-electron chi connectivity index (χ3n) is 3.57. The van der Waals surface area contributed by atoms with Crippen molar-refractivity contribution >= 4 is 23.1 Å². The molecule has 1 aliphatic carbocycles. The number of nitrogens with one attached hydrogen (secondary N) is 1. The standard InChI is InChI=1S/C13H18F3N3S/c1-20-11-5-3-2-4-9(11)19-10-6-12(13(14,15)16)18-7-8(10)17/h6-7,9,11H,2-5,17H2,1H3,(H,18,19). The van der Waals surface area contributed by atoms with Crippen molar-refractivity contribution in [2.75, 3.05) is 17.3 Å². The molecule has 0 amide bonds. The molecule has 0 radical (unpaired) electrons. The summed E-state index contributed by atoms with van der Waals surface area (Å²) < 4.78 is 38.1. The summed E-state index contributed by atoms with van der Waals surface area (Å²) in [6.45, 7) is 0. The zero-order valence-corrected chi connectivity index (χ0v) is 12.0. The topological polar surface area (TPSA) is 50.9 Å². The third kappa shape index (κ3) is 3.50. The second-order valence-electron chi connectivity index (χ2n) is 4.96. The number of nitrogens with zero attached hydrogens (tertiary/aromatic N) is 1. The van der Waals surface area contributed by atoms with Gasteiger partial charge in [-0.1, -0.05) is 12.8 Å². The van der Waals surface area contributed by atoms with Gasteiger partial charge in [0, 0.05) is 11.3 Å². The Bertz CT molecular complexity index is 465. The minimum Gasteiger partial charge on any atom is -0.396 e. The first-order valence-electron chi connectivity index (χ1n) is 6.54. The van der Waals surface area contributed by atoms with Gasteiger partial charge >= 0.3 is 6.18 Å². The highest BCUT2D eigenvalue weighted by Crippen LogP contribution is 2.34. The van der Waals surface area contributed by atoms with E-state index in [4.69, 9.17) is 5.73 Å². The quantitative estimate of drug-likeness (QED) is 0.892. The number of alkyl halides is 3. The summed E-state index contributed by atoms with van der Waals surface area (Å²) in [5.74, 6) is 0. The van der Waals surface area contributed by atoms with Crippen molar-refractivity contribution in [2.45, 2.75) is 43.2 Å². The number of aromatic nitrogens is 1. The molecule has 1 saturated carbocycles. The van der Waals surface area contributed by atoms with Crippen molar-refractivity contribution in [3.8, 4) is 0 Å². The van der Waals surface area contributed by atoms with E-state index in [1.165, 1.54) is 6.42 Å². The molecule has 3 nitrogen and oxygen atoms in total. The van der Waals surface area contributed by atoms with Crippen LogP contribution in [-0.2, 0) is 6.18 Å². The first-order valence-corrected chi connectivity index (χ1v) is 7.82. The summed E-state index contributed by atoms with van der Waals surface area (Å²) in [5.41, 5.74) is 5.41. The van der Waals surface area contributed by atoms with E-state index in [-0.39, 0.29) is 11.7 Å². The maximum Gasteiger partial charge on any atom is 0.433 e. The van der Waals surface area contributed by atoms with Gasteiger partial charge in [0.05, 0.1) is 17.6 Å². The Balaban J connectivity index is 2.19. The predicted molar refractivity (Wildman–Crippen MR) is 76.8 cm³/mol. The summed E-state index contributed by atoms with van der Waals surface area (Å²) in [4.78, 5) is 3.35. The number of thioether (sulfide) groups is 1. The molecule has 1 heterocycles. The molecule has 0 saturated heterocycles. The monoisotopic (exact) mass is 305 g/mol. The lowest BCUT2D eigenvalue weighted by Gasteiger charge is -2.32. The van der Waals surface area contributed by atoms with Gasteiger partial charge in [-0.05, 0) is 25.2 Å². The van der Waals surface area contributed by atoms with Crippen LogP contribution in [0, 0.1) is 0 Å². The third-order valence-corrected chi connectivity index (χ3v) is 4.74. The Kier molecular flexibility index (Phi) is 4.67. The normalized spacial score (nSPS) is 23.6. The van der Waals surface area contributed by atoms with Crippen molar-refractivity contribution in [1.82, 2.24) is 4.98 Å². The largest absolute Gasteiger partial charge is 0.433 e. The SMILES string of the molecule is CSC1CCCCC1Nc1cc(C(F)(F)F)ncc1N. The van der Waals surface area contributed by atoms with Crippen molar-refractivity contribution in [1.29, 1.82) is 0 Å². The molecule has 7 heteroatoms. The van der Waals surface area contributed by atoms with Gasteiger partial charge in [0.15, 0.2) is 0 Å². The maximum absolute atomic E-state index is 12.7.